The number of rotatable bonds is 4. The van der Waals surface area contributed by atoms with Gasteiger partial charge in [-0.25, -0.2) is 9.18 Å². The number of benzene rings is 2. The first-order valence-electron chi connectivity index (χ1n) is 7.81. The summed E-state index contributed by atoms with van der Waals surface area (Å²) in [7, 11) is 1.58. The average Bonchev–Trinajstić information content (AvgIpc) is 3.03. The number of carbonyl (C=O) groups is 2. The van der Waals surface area contributed by atoms with Crippen LogP contribution in [0.5, 0.6) is 0 Å². The number of halogens is 2. The molecule has 0 aliphatic carbocycles. The normalized spacial score (nSPS) is 13.7. The van der Waals surface area contributed by atoms with E-state index in [0.717, 1.165) is 0 Å². The molecule has 1 heterocycles. The van der Waals surface area contributed by atoms with E-state index >= 15 is 0 Å². The molecule has 5 nitrogen and oxygen atoms in total. The summed E-state index contributed by atoms with van der Waals surface area (Å²) in [5.74, 6) is -0.726. The zero-order valence-corrected chi connectivity index (χ0v) is 14.4. The number of hydrogen-bond acceptors (Lipinski definition) is 2. The predicted molar refractivity (Wildman–Crippen MR) is 94.4 cm³/mol. The molecule has 0 atom stereocenters. The van der Waals surface area contributed by atoms with E-state index in [9.17, 15) is 14.0 Å². The van der Waals surface area contributed by atoms with E-state index in [0.29, 0.717) is 24.3 Å². The maximum Gasteiger partial charge on any atom is 0.321 e. The third kappa shape index (κ3) is 3.58. The van der Waals surface area contributed by atoms with Crippen molar-refractivity contribution >= 4 is 29.2 Å². The molecule has 2 aromatic carbocycles. The van der Waals surface area contributed by atoms with Crippen molar-refractivity contribution < 1.29 is 14.0 Å². The van der Waals surface area contributed by atoms with Gasteiger partial charge in [-0.1, -0.05) is 23.7 Å². The molecule has 1 saturated heterocycles. The van der Waals surface area contributed by atoms with Gasteiger partial charge in [-0.15, -0.1) is 0 Å². The minimum atomic E-state index is -0.449. The zero-order valence-electron chi connectivity index (χ0n) is 13.6. The van der Waals surface area contributed by atoms with E-state index in [1.807, 2.05) is 0 Å². The van der Waals surface area contributed by atoms with Crippen molar-refractivity contribution in [1.82, 2.24) is 10.2 Å². The Hall–Kier alpha value is -2.60. The van der Waals surface area contributed by atoms with E-state index in [-0.39, 0.29) is 29.1 Å². The van der Waals surface area contributed by atoms with Gasteiger partial charge in [0.1, 0.15) is 5.82 Å². The van der Waals surface area contributed by atoms with Crippen LogP contribution in [0.1, 0.15) is 15.9 Å². The van der Waals surface area contributed by atoms with Gasteiger partial charge >= 0.3 is 6.03 Å². The van der Waals surface area contributed by atoms with Crippen LogP contribution in [0.4, 0.5) is 14.9 Å². The number of nitrogens with zero attached hydrogens (tertiary/aromatic N) is 2. The van der Waals surface area contributed by atoms with Crippen LogP contribution >= 0.6 is 11.6 Å². The molecular weight excluding hydrogens is 345 g/mol. The lowest BCUT2D eigenvalue weighted by Crippen LogP contribution is -2.29. The van der Waals surface area contributed by atoms with E-state index in [2.05, 4.69) is 5.32 Å². The molecule has 25 heavy (non-hydrogen) atoms. The Balaban J connectivity index is 1.79. The molecular formula is C18H17ClFN3O2. The first-order chi connectivity index (χ1) is 12.0. The minimum Gasteiger partial charge on any atom is -0.337 e. The predicted octanol–water partition coefficient (Wildman–Crippen LogP) is 3.28. The topological polar surface area (TPSA) is 52.7 Å². The molecule has 0 radical (unpaired) electrons. The molecule has 0 spiro atoms. The van der Waals surface area contributed by atoms with Crippen molar-refractivity contribution in [2.75, 3.05) is 25.0 Å². The molecule has 1 fully saturated rings. The second kappa shape index (κ2) is 7.11. The zero-order chi connectivity index (χ0) is 18.0. The van der Waals surface area contributed by atoms with Crippen LogP contribution in [-0.4, -0.2) is 37.0 Å². The highest BCUT2D eigenvalue weighted by Gasteiger charge is 2.22. The van der Waals surface area contributed by atoms with Gasteiger partial charge in [0.2, 0.25) is 0 Å². The second-order valence-corrected chi connectivity index (χ2v) is 6.20. The number of carbonyl (C=O) groups excluding carboxylic acids is 2. The van der Waals surface area contributed by atoms with Gasteiger partial charge in [0, 0.05) is 48.5 Å². The maximum atomic E-state index is 13.9. The van der Waals surface area contributed by atoms with Gasteiger partial charge < -0.3 is 10.2 Å². The molecule has 0 aromatic heterocycles. The van der Waals surface area contributed by atoms with Crippen molar-refractivity contribution in [3.63, 3.8) is 0 Å². The van der Waals surface area contributed by atoms with Crippen LogP contribution in [0.2, 0.25) is 5.02 Å². The number of nitrogens with one attached hydrogen (secondary N) is 1. The molecule has 0 saturated carbocycles. The lowest BCUT2D eigenvalue weighted by atomic mass is 10.1. The fraction of sp³-hybridized carbons (Fsp3) is 0.222. The Labute approximate surface area is 150 Å². The fourth-order valence-corrected chi connectivity index (χ4v) is 2.96. The summed E-state index contributed by atoms with van der Waals surface area (Å²) >= 11 is 6.02. The van der Waals surface area contributed by atoms with Crippen LogP contribution in [0.3, 0.4) is 0 Å². The van der Waals surface area contributed by atoms with E-state index in [1.165, 1.54) is 17.0 Å². The van der Waals surface area contributed by atoms with Crippen LogP contribution < -0.4 is 10.2 Å². The Morgan fingerprint density at radius 3 is 2.76 bits per heavy atom. The highest BCUT2D eigenvalue weighted by atomic mass is 35.5. The first kappa shape index (κ1) is 17.2. The molecule has 1 aliphatic rings. The number of amides is 3. The molecule has 7 heteroatoms. The third-order valence-electron chi connectivity index (χ3n) is 4.07. The summed E-state index contributed by atoms with van der Waals surface area (Å²) in [6.45, 7) is 1.18. The second-order valence-electron chi connectivity index (χ2n) is 5.80. The molecule has 3 amide bonds. The summed E-state index contributed by atoms with van der Waals surface area (Å²) in [5.41, 5.74) is 1.35. The van der Waals surface area contributed by atoms with Crippen LogP contribution in [0.25, 0.3) is 0 Å². The third-order valence-corrected chi connectivity index (χ3v) is 4.42. The van der Waals surface area contributed by atoms with E-state index < -0.39 is 5.82 Å². The van der Waals surface area contributed by atoms with Crippen LogP contribution in [0.15, 0.2) is 42.5 Å². The molecule has 3 rings (SSSR count). The Bertz CT molecular complexity index is 807. The number of urea groups is 1. The highest BCUT2D eigenvalue weighted by molar-refractivity contribution is 6.31. The fourth-order valence-electron chi connectivity index (χ4n) is 2.74. The molecule has 0 unspecified atom stereocenters. The highest BCUT2D eigenvalue weighted by Crippen LogP contribution is 2.22. The summed E-state index contributed by atoms with van der Waals surface area (Å²) in [4.78, 5) is 27.4. The van der Waals surface area contributed by atoms with Crippen molar-refractivity contribution in [2.24, 2.45) is 0 Å². The van der Waals surface area contributed by atoms with Crippen molar-refractivity contribution in [1.29, 1.82) is 0 Å². The molecule has 1 N–H and O–H groups in total. The summed E-state index contributed by atoms with van der Waals surface area (Å²) < 4.78 is 13.9. The molecule has 0 bridgehead atoms. The van der Waals surface area contributed by atoms with Gasteiger partial charge in [-0.05, 0) is 30.3 Å². The first-order valence-corrected chi connectivity index (χ1v) is 8.19. The van der Waals surface area contributed by atoms with Gasteiger partial charge in [-0.3, -0.25) is 9.69 Å². The van der Waals surface area contributed by atoms with Gasteiger partial charge in [0.15, 0.2) is 0 Å². The summed E-state index contributed by atoms with van der Waals surface area (Å²) in [5, 5.41) is 3.00. The van der Waals surface area contributed by atoms with Gasteiger partial charge in [-0.2, -0.15) is 0 Å². The quantitative estimate of drug-likeness (QED) is 0.908. The number of anilines is 1. The maximum absolute atomic E-state index is 13.9. The largest absolute Gasteiger partial charge is 0.337 e. The standard InChI is InChI=1S/C18H17ClFN3O2/c1-22(11-14-15(19)6-3-7-16(14)20)17(24)12-4-2-5-13(10-12)23-9-8-21-18(23)25/h2-7,10H,8-9,11H2,1H3,(H,21,25). The monoisotopic (exact) mass is 361 g/mol. The lowest BCUT2D eigenvalue weighted by Gasteiger charge is -2.20. The van der Waals surface area contributed by atoms with Crippen molar-refractivity contribution in [3.8, 4) is 0 Å². The Morgan fingerprint density at radius 2 is 2.08 bits per heavy atom. The molecule has 1 aliphatic heterocycles. The average molecular weight is 362 g/mol. The molecule has 2 aromatic rings. The van der Waals surface area contributed by atoms with Crippen LogP contribution in [-0.2, 0) is 6.54 Å². The number of hydrogen-bond donors (Lipinski definition) is 1. The molecule has 130 valence electrons. The summed E-state index contributed by atoms with van der Waals surface area (Å²) in [6.07, 6.45) is 0. The summed E-state index contributed by atoms with van der Waals surface area (Å²) in [6, 6.07) is 11.1. The van der Waals surface area contributed by atoms with Crippen molar-refractivity contribution in [2.45, 2.75) is 6.54 Å². The van der Waals surface area contributed by atoms with E-state index in [1.54, 1.807) is 42.3 Å². The van der Waals surface area contributed by atoms with Crippen LogP contribution in [0, 0.1) is 5.82 Å². The smallest absolute Gasteiger partial charge is 0.321 e. The van der Waals surface area contributed by atoms with Gasteiger partial charge in [0.05, 0.1) is 0 Å². The van der Waals surface area contributed by atoms with Gasteiger partial charge in [0.25, 0.3) is 5.91 Å². The minimum absolute atomic E-state index is 0.0543. The SMILES string of the molecule is CN(Cc1c(F)cccc1Cl)C(=O)c1cccc(N2CCNC2=O)c1. The lowest BCUT2D eigenvalue weighted by molar-refractivity contribution is 0.0784. The Morgan fingerprint density at radius 1 is 1.32 bits per heavy atom. The van der Waals surface area contributed by atoms with Crippen molar-refractivity contribution in [3.05, 3.63) is 64.4 Å². The van der Waals surface area contributed by atoms with E-state index in [4.69, 9.17) is 11.6 Å². The Kier molecular flexibility index (Phi) is 4.90.